The van der Waals surface area contributed by atoms with E-state index in [0.717, 1.165) is 10.6 Å². The Kier molecular flexibility index (Phi) is 6.39. The maximum atomic E-state index is 12.1. The summed E-state index contributed by atoms with van der Waals surface area (Å²) < 4.78 is 12.1. The molecule has 0 aliphatic carbocycles. The molecule has 1 rings (SSSR count). The first kappa shape index (κ1) is 13.4. The fourth-order valence-corrected chi connectivity index (χ4v) is 3.42. The average molecular weight is 238 g/mol. The highest BCUT2D eigenvalue weighted by Crippen LogP contribution is 2.18. The first-order valence-electron chi connectivity index (χ1n) is 6.21. The van der Waals surface area contributed by atoms with Crippen LogP contribution in [-0.2, 0) is 10.8 Å². The zero-order valence-electron chi connectivity index (χ0n) is 10.3. The molecule has 0 fully saturated rings. The van der Waals surface area contributed by atoms with Crippen LogP contribution in [0.1, 0.15) is 39.5 Å². The fourth-order valence-electron chi connectivity index (χ4n) is 2.01. The van der Waals surface area contributed by atoms with E-state index in [2.05, 4.69) is 13.8 Å². The highest BCUT2D eigenvalue weighted by Gasteiger charge is 2.12. The van der Waals surface area contributed by atoms with Gasteiger partial charge in [0.2, 0.25) is 0 Å². The number of rotatable bonds is 7. The summed E-state index contributed by atoms with van der Waals surface area (Å²) in [5.41, 5.74) is 0. The van der Waals surface area contributed by atoms with Gasteiger partial charge in [-0.3, -0.25) is 4.21 Å². The second kappa shape index (κ2) is 7.61. The third kappa shape index (κ3) is 4.48. The molecule has 16 heavy (non-hydrogen) atoms. The summed E-state index contributed by atoms with van der Waals surface area (Å²) in [6.07, 6.45) is 4.78. The van der Waals surface area contributed by atoms with E-state index in [4.69, 9.17) is 0 Å². The summed E-state index contributed by atoms with van der Waals surface area (Å²) in [7, 11) is -0.816. The molecule has 1 aromatic rings. The lowest BCUT2D eigenvalue weighted by atomic mass is 10.0. The molecule has 0 saturated heterocycles. The van der Waals surface area contributed by atoms with Gasteiger partial charge < -0.3 is 0 Å². The molecule has 1 nitrogen and oxygen atoms in total. The molecule has 0 spiro atoms. The molecule has 2 heteroatoms. The Balaban J connectivity index is 2.54. The van der Waals surface area contributed by atoms with Crippen LogP contribution >= 0.6 is 0 Å². The van der Waals surface area contributed by atoms with E-state index in [9.17, 15) is 4.21 Å². The molecule has 1 aromatic carbocycles. The Morgan fingerprint density at radius 3 is 2.12 bits per heavy atom. The smallest absolute Gasteiger partial charge is 0.0532 e. The van der Waals surface area contributed by atoms with E-state index in [-0.39, 0.29) is 0 Å². The largest absolute Gasteiger partial charge is 0.254 e. The van der Waals surface area contributed by atoms with Crippen molar-refractivity contribution in [3.8, 4) is 0 Å². The zero-order chi connectivity index (χ0) is 11.8. The second-order valence-electron chi connectivity index (χ2n) is 4.27. The van der Waals surface area contributed by atoms with Crippen molar-refractivity contribution in [3.63, 3.8) is 0 Å². The van der Waals surface area contributed by atoms with Crippen LogP contribution in [0.2, 0.25) is 0 Å². The average Bonchev–Trinajstić information content (AvgIpc) is 2.31. The zero-order valence-corrected chi connectivity index (χ0v) is 11.1. The highest BCUT2D eigenvalue weighted by atomic mass is 32.2. The topological polar surface area (TPSA) is 17.1 Å². The van der Waals surface area contributed by atoms with Gasteiger partial charge in [0.15, 0.2) is 0 Å². The number of hydrogen-bond acceptors (Lipinski definition) is 1. The Labute approximate surface area is 102 Å². The van der Waals surface area contributed by atoms with Gasteiger partial charge >= 0.3 is 0 Å². The lowest BCUT2D eigenvalue weighted by Crippen LogP contribution is -2.11. The number of benzene rings is 1. The predicted octanol–water partition coefficient (Wildman–Crippen LogP) is 4.01. The van der Waals surface area contributed by atoms with Crippen LogP contribution in [0, 0.1) is 5.92 Å². The van der Waals surface area contributed by atoms with Gasteiger partial charge in [-0.25, -0.2) is 0 Å². The van der Waals surface area contributed by atoms with Gasteiger partial charge in [0.1, 0.15) is 0 Å². The molecule has 0 N–H and O–H groups in total. The first-order valence-corrected chi connectivity index (χ1v) is 7.53. The molecule has 0 bridgehead atoms. The van der Waals surface area contributed by atoms with Gasteiger partial charge in [-0.15, -0.1) is 0 Å². The molecule has 1 unspecified atom stereocenters. The molecular formula is C14H22OS. The van der Waals surface area contributed by atoms with Crippen molar-refractivity contribution >= 4 is 10.8 Å². The third-order valence-electron chi connectivity index (χ3n) is 2.79. The summed E-state index contributed by atoms with van der Waals surface area (Å²) in [5, 5.41) is 0. The van der Waals surface area contributed by atoms with Gasteiger partial charge in [0.05, 0.1) is 10.8 Å². The van der Waals surface area contributed by atoms with E-state index < -0.39 is 10.8 Å². The summed E-state index contributed by atoms with van der Waals surface area (Å²) in [4.78, 5) is 0.972. The van der Waals surface area contributed by atoms with Gasteiger partial charge in [-0.05, 0) is 30.9 Å². The lowest BCUT2D eigenvalue weighted by Gasteiger charge is -2.14. The van der Waals surface area contributed by atoms with Crippen molar-refractivity contribution in [3.05, 3.63) is 30.3 Å². The Hall–Kier alpha value is -0.630. The van der Waals surface area contributed by atoms with Crippen molar-refractivity contribution in [2.24, 2.45) is 5.92 Å². The maximum absolute atomic E-state index is 12.1. The molecular weight excluding hydrogens is 216 g/mol. The maximum Gasteiger partial charge on any atom is 0.0532 e. The van der Waals surface area contributed by atoms with Crippen LogP contribution in [-0.4, -0.2) is 9.96 Å². The molecule has 0 amide bonds. The highest BCUT2D eigenvalue weighted by molar-refractivity contribution is 7.85. The summed E-state index contributed by atoms with van der Waals surface area (Å²) >= 11 is 0. The van der Waals surface area contributed by atoms with Crippen molar-refractivity contribution in [1.82, 2.24) is 0 Å². The Morgan fingerprint density at radius 2 is 1.62 bits per heavy atom. The van der Waals surface area contributed by atoms with Gasteiger partial charge in [-0.2, -0.15) is 0 Å². The minimum Gasteiger partial charge on any atom is -0.254 e. The predicted molar refractivity (Wildman–Crippen MR) is 71.0 cm³/mol. The van der Waals surface area contributed by atoms with E-state index in [1.54, 1.807) is 0 Å². The second-order valence-corrected chi connectivity index (χ2v) is 5.76. The van der Waals surface area contributed by atoms with E-state index in [1.165, 1.54) is 25.7 Å². The van der Waals surface area contributed by atoms with Crippen LogP contribution < -0.4 is 0 Å². The minimum absolute atomic E-state index is 0.621. The van der Waals surface area contributed by atoms with Crippen LogP contribution in [0.25, 0.3) is 0 Å². The van der Waals surface area contributed by atoms with Crippen LogP contribution in [0.3, 0.4) is 0 Å². The summed E-state index contributed by atoms with van der Waals surface area (Å²) in [5.74, 6) is 1.45. The van der Waals surface area contributed by atoms with Crippen molar-refractivity contribution in [2.45, 2.75) is 44.4 Å². The molecule has 90 valence electrons. The van der Waals surface area contributed by atoms with Gasteiger partial charge in [0.25, 0.3) is 0 Å². The van der Waals surface area contributed by atoms with E-state index in [1.807, 2.05) is 30.3 Å². The molecule has 1 atom stereocenters. The van der Waals surface area contributed by atoms with Crippen molar-refractivity contribution in [1.29, 1.82) is 0 Å². The van der Waals surface area contributed by atoms with E-state index >= 15 is 0 Å². The van der Waals surface area contributed by atoms with Gasteiger partial charge in [-0.1, -0.05) is 44.9 Å². The quantitative estimate of drug-likeness (QED) is 0.701. The SMILES string of the molecule is CCCC(CCC)CS(=O)c1ccccc1. The van der Waals surface area contributed by atoms with Crippen molar-refractivity contribution in [2.75, 3.05) is 5.75 Å². The van der Waals surface area contributed by atoms with Crippen LogP contribution in [0.4, 0.5) is 0 Å². The van der Waals surface area contributed by atoms with E-state index in [0.29, 0.717) is 5.92 Å². The fraction of sp³-hybridized carbons (Fsp3) is 0.571. The van der Waals surface area contributed by atoms with Crippen LogP contribution in [0.15, 0.2) is 35.2 Å². The molecule has 0 aromatic heterocycles. The Morgan fingerprint density at radius 1 is 1.06 bits per heavy atom. The monoisotopic (exact) mass is 238 g/mol. The molecule has 0 aliphatic rings. The standard InChI is InChI=1S/C14H22OS/c1-3-8-13(9-4-2)12-16(15)14-10-6-5-7-11-14/h5-7,10-11,13H,3-4,8-9,12H2,1-2H3. The molecule has 0 aliphatic heterocycles. The first-order chi connectivity index (χ1) is 7.77. The number of hydrogen-bond donors (Lipinski definition) is 0. The van der Waals surface area contributed by atoms with Crippen molar-refractivity contribution < 1.29 is 4.21 Å². The lowest BCUT2D eigenvalue weighted by molar-refractivity contribution is 0.483. The van der Waals surface area contributed by atoms with Crippen LogP contribution in [0.5, 0.6) is 0 Å². The normalized spacial score (nSPS) is 12.9. The minimum atomic E-state index is -0.816. The summed E-state index contributed by atoms with van der Waals surface area (Å²) in [6, 6.07) is 9.82. The summed E-state index contributed by atoms with van der Waals surface area (Å²) in [6.45, 7) is 4.40. The molecule has 0 radical (unpaired) electrons. The molecule has 0 heterocycles. The van der Waals surface area contributed by atoms with Gasteiger partial charge in [0, 0.05) is 10.6 Å². The third-order valence-corrected chi connectivity index (χ3v) is 4.36. The molecule has 0 saturated carbocycles. The Bertz CT molecular complexity index is 302.